The molecule has 1 aliphatic heterocycles. The van der Waals surface area contributed by atoms with Crippen LogP contribution >= 0.6 is 0 Å². The predicted molar refractivity (Wildman–Crippen MR) is 90.7 cm³/mol. The van der Waals surface area contributed by atoms with E-state index in [0.717, 1.165) is 4.90 Å². The Hall–Kier alpha value is -3.47. The van der Waals surface area contributed by atoms with Crippen molar-refractivity contribution < 1.29 is 23.1 Å². The fourth-order valence-electron chi connectivity index (χ4n) is 2.94. The average molecular weight is 371 g/mol. The molecule has 1 saturated heterocycles. The molecule has 6 nitrogen and oxygen atoms in total. The highest BCUT2D eigenvalue weighted by Crippen LogP contribution is 2.31. The van der Waals surface area contributed by atoms with Gasteiger partial charge in [-0.1, -0.05) is 30.3 Å². The lowest BCUT2D eigenvalue weighted by Gasteiger charge is -2.22. The van der Waals surface area contributed by atoms with Gasteiger partial charge < -0.3 is 10.1 Å². The minimum absolute atomic E-state index is 0.0451. The van der Waals surface area contributed by atoms with Crippen molar-refractivity contribution in [2.45, 2.75) is 25.6 Å². The summed E-state index contributed by atoms with van der Waals surface area (Å²) in [5.74, 6) is -0.545. The lowest BCUT2D eigenvalue weighted by Crippen LogP contribution is -2.40. The van der Waals surface area contributed by atoms with Crippen molar-refractivity contribution in [1.29, 1.82) is 5.26 Å². The van der Waals surface area contributed by atoms with Crippen LogP contribution in [0.3, 0.4) is 0 Å². The van der Waals surface area contributed by atoms with E-state index >= 15 is 0 Å². The first kappa shape index (κ1) is 18.3. The van der Waals surface area contributed by atoms with Crippen LogP contribution in [-0.4, -0.2) is 23.4 Å². The van der Waals surface area contributed by atoms with Crippen molar-refractivity contribution in [3.05, 3.63) is 65.2 Å². The number of nitrogens with zero attached hydrogens (tertiary/aromatic N) is 2. The van der Waals surface area contributed by atoms with Crippen molar-refractivity contribution >= 4 is 11.9 Å². The van der Waals surface area contributed by atoms with E-state index in [1.165, 1.54) is 31.2 Å². The fraction of sp³-hybridized carbons (Fsp3) is 0.211. The Morgan fingerprint density at radius 3 is 2.48 bits per heavy atom. The molecule has 8 heteroatoms. The Bertz CT molecular complexity index is 925. The molecule has 27 heavy (non-hydrogen) atoms. The first-order valence-corrected chi connectivity index (χ1v) is 8.02. The third kappa shape index (κ3) is 3.44. The van der Waals surface area contributed by atoms with Crippen molar-refractivity contribution in [1.82, 2.24) is 10.2 Å². The highest BCUT2D eigenvalue weighted by Gasteiger charge is 2.49. The van der Waals surface area contributed by atoms with Gasteiger partial charge in [0.25, 0.3) is 5.91 Å². The summed E-state index contributed by atoms with van der Waals surface area (Å²) in [6.45, 7) is -1.46. The summed E-state index contributed by atoms with van der Waals surface area (Å²) in [6.07, 6.45) is 0. The molecule has 2 aromatic rings. The lowest BCUT2D eigenvalue weighted by atomic mass is 9.92. The number of urea groups is 1. The monoisotopic (exact) mass is 371 g/mol. The second kappa shape index (κ2) is 7.03. The second-order valence-electron chi connectivity index (χ2n) is 6.12. The quantitative estimate of drug-likeness (QED) is 0.819. The Morgan fingerprint density at radius 2 is 1.85 bits per heavy atom. The van der Waals surface area contributed by atoms with Crippen LogP contribution in [-0.2, 0) is 16.9 Å². The number of rotatable bonds is 5. The van der Waals surface area contributed by atoms with Crippen molar-refractivity contribution in [2.75, 3.05) is 0 Å². The lowest BCUT2D eigenvalue weighted by molar-refractivity contribution is -0.131. The molecule has 0 saturated carbocycles. The number of ether oxygens (including phenoxy) is 1. The van der Waals surface area contributed by atoms with Gasteiger partial charge in [-0.2, -0.15) is 14.0 Å². The van der Waals surface area contributed by atoms with Gasteiger partial charge in [-0.25, -0.2) is 4.79 Å². The molecule has 0 aromatic heterocycles. The minimum atomic E-state index is -2.95. The van der Waals surface area contributed by atoms with Crippen molar-refractivity contribution in [2.24, 2.45) is 0 Å². The van der Waals surface area contributed by atoms with Crippen LogP contribution in [0.25, 0.3) is 0 Å². The van der Waals surface area contributed by atoms with E-state index in [0.29, 0.717) is 16.7 Å². The molecular formula is C19H15F2N3O3. The number of alkyl halides is 2. The van der Waals surface area contributed by atoms with E-state index in [4.69, 9.17) is 0 Å². The highest BCUT2D eigenvalue weighted by molar-refractivity contribution is 6.07. The maximum absolute atomic E-state index is 12.9. The summed E-state index contributed by atoms with van der Waals surface area (Å²) in [7, 11) is 0. The van der Waals surface area contributed by atoms with Gasteiger partial charge in [0.2, 0.25) is 0 Å². The summed E-state index contributed by atoms with van der Waals surface area (Å²) in [6, 6.07) is 13.6. The number of hydrogen-bond donors (Lipinski definition) is 1. The number of hydrogen-bond acceptors (Lipinski definition) is 4. The summed E-state index contributed by atoms with van der Waals surface area (Å²) in [4.78, 5) is 26.3. The van der Waals surface area contributed by atoms with E-state index in [2.05, 4.69) is 10.1 Å². The summed E-state index contributed by atoms with van der Waals surface area (Å²) >= 11 is 0. The van der Waals surface area contributed by atoms with Gasteiger partial charge in [0.1, 0.15) is 11.3 Å². The van der Waals surface area contributed by atoms with Crippen LogP contribution in [0.1, 0.15) is 23.6 Å². The molecule has 2 aromatic carbocycles. The molecule has 3 rings (SSSR count). The largest absolute Gasteiger partial charge is 0.435 e. The van der Waals surface area contributed by atoms with Gasteiger partial charge in [-0.3, -0.25) is 9.69 Å². The number of benzene rings is 2. The van der Waals surface area contributed by atoms with E-state index < -0.39 is 24.1 Å². The molecule has 1 N–H and O–H groups in total. The molecule has 0 radical (unpaired) electrons. The molecule has 1 fully saturated rings. The molecule has 1 atom stereocenters. The third-order valence-electron chi connectivity index (χ3n) is 4.40. The zero-order chi connectivity index (χ0) is 19.6. The van der Waals surface area contributed by atoms with Gasteiger partial charge in [-0.05, 0) is 36.2 Å². The predicted octanol–water partition coefficient (Wildman–Crippen LogP) is 3.13. The van der Waals surface area contributed by atoms with E-state index in [1.807, 2.05) is 6.07 Å². The number of imide groups is 1. The van der Waals surface area contributed by atoms with Crippen molar-refractivity contribution in [3.8, 4) is 11.8 Å². The van der Waals surface area contributed by atoms with Gasteiger partial charge >= 0.3 is 12.6 Å². The Labute approximate surface area is 154 Å². The molecule has 0 aliphatic carbocycles. The molecule has 0 bridgehead atoms. The zero-order valence-corrected chi connectivity index (χ0v) is 14.3. The smallest absolute Gasteiger partial charge is 0.387 e. The van der Waals surface area contributed by atoms with Crippen LogP contribution in [0, 0.1) is 11.3 Å². The van der Waals surface area contributed by atoms with Gasteiger partial charge in [0.05, 0.1) is 18.2 Å². The number of halogens is 2. The van der Waals surface area contributed by atoms with Crippen molar-refractivity contribution in [3.63, 3.8) is 0 Å². The molecule has 138 valence electrons. The number of carbonyl (C=O) groups is 2. The van der Waals surface area contributed by atoms with Crippen LogP contribution in [0.2, 0.25) is 0 Å². The summed E-state index contributed by atoms with van der Waals surface area (Å²) in [5.41, 5.74) is 0.00865. The SMILES string of the molecule is C[C@@]1(c2ccc(OC(F)F)cc2)NC(=O)N(Cc2ccccc2C#N)C1=O. The highest BCUT2D eigenvalue weighted by atomic mass is 19.3. The molecule has 1 heterocycles. The average Bonchev–Trinajstić information content (AvgIpc) is 2.86. The van der Waals surface area contributed by atoms with Gasteiger partial charge in [0, 0.05) is 0 Å². The van der Waals surface area contributed by atoms with Crippen LogP contribution in [0.4, 0.5) is 13.6 Å². The van der Waals surface area contributed by atoms with E-state index in [-0.39, 0.29) is 12.3 Å². The van der Waals surface area contributed by atoms with Gasteiger partial charge in [-0.15, -0.1) is 0 Å². The van der Waals surface area contributed by atoms with Crippen LogP contribution in [0.5, 0.6) is 5.75 Å². The maximum atomic E-state index is 12.9. The molecule has 0 spiro atoms. The Kier molecular flexibility index (Phi) is 4.77. The first-order chi connectivity index (χ1) is 12.8. The zero-order valence-electron chi connectivity index (χ0n) is 14.3. The van der Waals surface area contributed by atoms with E-state index in [1.54, 1.807) is 24.3 Å². The normalized spacial score (nSPS) is 19.1. The summed E-state index contributed by atoms with van der Waals surface area (Å²) < 4.78 is 28.8. The van der Waals surface area contributed by atoms with Crippen LogP contribution in [0.15, 0.2) is 48.5 Å². The first-order valence-electron chi connectivity index (χ1n) is 8.02. The van der Waals surface area contributed by atoms with E-state index in [9.17, 15) is 23.6 Å². The molecular weight excluding hydrogens is 356 g/mol. The molecule has 3 amide bonds. The number of nitrogens with one attached hydrogen (secondary N) is 1. The maximum Gasteiger partial charge on any atom is 0.387 e. The third-order valence-corrected chi connectivity index (χ3v) is 4.40. The fourth-order valence-corrected chi connectivity index (χ4v) is 2.94. The second-order valence-corrected chi connectivity index (χ2v) is 6.12. The number of nitriles is 1. The van der Waals surface area contributed by atoms with Gasteiger partial charge in [0.15, 0.2) is 0 Å². The Balaban J connectivity index is 1.85. The standard InChI is InChI=1S/C19H15F2N3O3/c1-19(14-6-8-15(9-7-14)27-17(20)21)16(25)24(18(26)23-19)11-13-5-3-2-4-12(13)10-22/h2-9,17H,11H2,1H3,(H,23,26)/t19-/m0/s1. The number of carbonyl (C=O) groups excluding carboxylic acids is 2. The Morgan fingerprint density at radius 1 is 1.19 bits per heavy atom. The summed E-state index contributed by atoms with van der Waals surface area (Å²) in [5, 5.41) is 11.8. The van der Waals surface area contributed by atoms with Crippen LogP contribution < -0.4 is 10.1 Å². The number of amides is 3. The molecule has 0 unspecified atom stereocenters. The molecule has 1 aliphatic rings. The topological polar surface area (TPSA) is 82.4 Å². The minimum Gasteiger partial charge on any atom is -0.435 e.